The first kappa shape index (κ1) is 14.0. The molecule has 6 heteroatoms. The van der Waals surface area contributed by atoms with E-state index < -0.39 is 17.6 Å². The number of hydrogen-bond acceptors (Lipinski definition) is 1. The monoisotopic (exact) mass is 267 g/mol. The largest absolute Gasteiger partial charge is 0.416 e. The molecule has 0 radical (unpaired) electrons. The van der Waals surface area contributed by atoms with Crippen LogP contribution in [0.2, 0.25) is 0 Å². The van der Waals surface area contributed by atoms with Crippen LogP contribution in [0.15, 0.2) is 29.8 Å². The molecule has 0 aromatic heterocycles. The van der Waals surface area contributed by atoms with E-state index in [1.165, 1.54) is 0 Å². The molecule has 1 nitrogen and oxygen atoms in total. The summed E-state index contributed by atoms with van der Waals surface area (Å²) in [6.07, 6.45) is -4.57. The molecule has 1 aromatic carbocycles. The second kappa shape index (κ2) is 5.51. The van der Waals surface area contributed by atoms with Gasteiger partial charge < -0.3 is 5.32 Å². The first-order valence-corrected chi connectivity index (χ1v) is 5.08. The molecule has 1 aromatic rings. The number of benzene rings is 1. The summed E-state index contributed by atoms with van der Waals surface area (Å²) < 4.78 is 50.5. The summed E-state index contributed by atoms with van der Waals surface area (Å²) in [4.78, 5) is 0. The van der Waals surface area contributed by atoms with Crippen molar-refractivity contribution < 1.29 is 17.6 Å². The SMILES string of the molecule is C=C(Cl)CNCc1ccc(F)cc1C(F)(F)F. The van der Waals surface area contributed by atoms with Crippen LogP contribution in [0.4, 0.5) is 17.6 Å². The van der Waals surface area contributed by atoms with Gasteiger partial charge >= 0.3 is 6.18 Å². The molecule has 0 fully saturated rings. The zero-order valence-electron chi connectivity index (χ0n) is 8.74. The molecule has 0 aliphatic carbocycles. The number of rotatable bonds is 4. The topological polar surface area (TPSA) is 12.0 Å². The Morgan fingerprint density at radius 2 is 2.00 bits per heavy atom. The molecule has 0 unspecified atom stereocenters. The van der Waals surface area contributed by atoms with Crippen LogP contribution in [-0.4, -0.2) is 6.54 Å². The molecule has 0 bridgehead atoms. The summed E-state index contributed by atoms with van der Waals surface area (Å²) >= 11 is 5.46. The van der Waals surface area contributed by atoms with E-state index in [9.17, 15) is 17.6 Å². The van der Waals surface area contributed by atoms with E-state index in [0.717, 1.165) is 12.1 Å². The normalized spacial score (nSPS) is 11.6. The van der Waals surface area contributed by atoms with E-state index >= 15 is 0 Å². The fourth-order valence-electron chi connectivity index (χ4n) is 1.30. The predicted molar refractivity (Wildman–Crippen MR) is 58.1 cm³/mol. The molecule has 0 spiro atoms. The summed E-state index contributed by atoms with van der Waals surface area (Å²) in [5.41, 5.74) is -1.01. The second-order valence-corrected chi connectivity index (χ2v) is 3.95. The van der Waals surface area contributed by atoms with Crippen LogP contribution in [0, 0.1) is 5.82 Å². The molecule has 0 amide bonds. The molecule has 94 valence electrons. The first-order chi connectivity index (χ1) is 7.80. The minimum Gasteiger partial charge on any atom is -0.308 e. The van der Waals surface area contributed by atoms with Crippen molar-refractivity contribution >= 4 is 11.6 Å². The summed E-state index contributed by atoms with van der Waals surface area (Å²) in [7, 11) is 0. The minimum absolute atomic E-state index is 0.0307. The van der Waals surface area contributed by atoms with Crippen molar-refractivity contribution in [2.75, 3.05) is 6.54 Å². The van der Waals surface area contributed by atoms with E-state index in [-0.39, 0.29) is 18.7 Å². The highest BCUT2D eigenvalue weighted by atomic mass is 35.5. The Bertz CT molecular complexity index is 414. The number of alkyl halides is 3. The van der Waals surface area contributed by atoms with Gasteiger partial charge in [0.1, 0.15) is 5.82 Å². The number of halogens is 5. The Kier molecular flexibility index (Phi) is 4.54. The standard InChI is InChI=1S/C11H10ClF4N/c1-7(12)5-17-6-8-2-3-9(13)4-10(8)11(14,15)16/h2-4,17H,1,5-6H2. The number of hydrogen-bond donors (Lipinski definition) is 1. The molecule has 0 heterocycles. The Hall–Kier alpha value is -1.07. The van der Waals surface area contributed by atoms with E-state index in [1.54, 1.807) is 0 Å². The summed E-state index contributed by atoms with van der Waals surface area (Å²) in [5.74, 6) is -0.914. The highest BCUT2D eigenvalue weighted by Crippen LogP contribution is 2.32. The van der Waals surface area contributed by atoms with Crippen molar-refractivity contribution in [3.8, 4) is 0 Å². The van der Waals surface area contributed by atoms with Crippen LogP contribution >= 0.6 is 11.6 Å². The molecule has 1 rings (SSSR count). The van der Waals surface area contributed by atoms with Gasteiger partial charge in [-0.1, -0.05) is 24.2 Å². The van der Waals surface area contributed by atoms with Crippen molar-refractivity contribution in [2.45, 2.75) is 12.7 Å². The zero-order valence-corrected chi connectivity index (χ0v) is 9.50. The fraction of sp³-hybridized carbons (Fsp3) is 0.273. The predicted octanol–water partition coefficient (Wildman–Crippen LogP) is 3.69. The van der Waals surface area contributed by atoms with E-state index in [4.69, 9.17) is 11.6 Å². The third-order valence-electron chi connectivity index (χ3n) is 2.01. The van der Waals surface area contributed by atoms with Crippen LogP contribution in [-0.2, 0) is 12.7 Å². The minimum atomic E-state index is -4.57. The van der Waals surface area contributed by atoms with Crippen molar-refractivity contribution in [2.24, 2.45) is 0 Å². The zero-order chi connectivity index (χ0) is 13.1. The maximum atomic E-state index is 12.8. The van der Waals surface area contributed by atoms with Crippen LogP contribution in [0.1, 0.15) is 11.1 Å². The van der Waals surface area contributed by atoms with Crippen molar-refractivity contribution in [3.05, 3.63) is 46.8 Å². The van der Waals surface area contributed by atoms with Crippen LogP contribution in [0.3, 0.4) is 0 Å². The Labute approximate surface area is 101 Å². The molecule has 0 aliphatic rings. The molecule has 1 N–H and O–H groups in total. The van der Waals surface area contributed by atoms with E-state index in [2.05, 4.69) is 11.9 Å². The van der Waals surface area contributed by atoms with E-state index in [0.29, 0.717) is 11.1 Å². The van der Waals surface area contributed by atoms with Gasteiger partial charge in [0.25, 0.3) is 0 Å². The van der Waals surface area contributed by atoms with Gasteiger partial charge in [-0.25, -0.2) is 4.39 Å². The Balaban J connectivity index is 2.87. The molecular formula is C11H10ClF4N. The lowest BCUT2D eigenvalue weighted by molar-refractivity contribution is -0.138. The lowest BCUT2D eigenvalue weighted by atomic mass is 10.1. The van der Waals surface area contributed by atoms with Crippen molar-refractivity contribution in [1.82, 2.24) is 5.32 Å². The Morgan fingerprint density at radius 3 is 2.53 bits per heavy atom. The van der Waals surface area contributed by atoms with Crippen LogP contribution in [0.25, 0.3) is 0 Å². The van der Waals surface area contributed by atoms with Crippen LogP contribution in [0.5, 0.6) is 0 Å². The van der Waals surface area contributed by atoms with Gasteiger partial charge in [0, 0.05) is 18.1 Å². The van der Waals surface area contributed by atoms with Gasteiger partial charge in [-0.3, -0.25) is 0 Å². The van der Waals surface area contributed by atoms with Crippen molar-refractivity contribution in [1.29, 1.82) is 0 Å². The van der Waals surface area contributed by atoms with Crippen LogP contribution < -0.4 is 5.32 Å². The maximum absolute atomic E-state index is 12.8. The summed E-state index contributed by atoms with van der Waals surface area (Å²) in [5, 5.41) is 2.97. The average molecular weight is 268 g/mol. The molecular weight excluding hydrogens is 258 g/mol. The van der Waals surface area contributed by atoms with Gasteiger partial charge in [-0.15, -0.1) is 0 Å². The second-order valence-electron chi connectivity index (χ2n) is 3.42. The number of nitrogens with one attached hydrogen (secondary N) is 1. The molecule has 0 atom stereocenters. The van der Waals surface area contributed by atoms with Gasteiger partial charge in [-0.05, 0) is 17.7 Å². The molecule has 17 heavy (non-hydrogen) atoms. The third kappa shape index (κ3) is 4.36. The van der Waals surface area contributed by atoms with Crippen molar-refractivity contribution in [3.63, 3.8) is 0 Å². The maximum Gasteiger partial charge on any atom is 0.416 e. The third-order valence-corrected chi connectivity index (χ3v) is 2.14. The smallest absolute Gasteiger partial charge is 0.308 e. The lowest BCUT2D eigenvalue weighted by Gasteiger charge is -2.13. The quantitative estimate of drug-likeness (QED) is 0.821. The van der Waals surface area contributed by atoms with Gasteiger partial charge in [0.2, 0.25) is 0 Å². The summed E-state index contributed by atoms with van der Waals surface area (Å²) in [6, 6.07) is 2.57. The first-order valence-electron chi connectivity index (χ1n) is 4.70. The molecule has 0 saturated heterocycles. The summed E-state index contributed by atoms with van der Waals surface area (Å²) in [6.45, 7) is 3.53. The van der Waals surface area contributed by atoms with Gasteiger partial charge in [-0.2, -0.15) is 13.2 Å². The Morgan fingerprint density at radius 1 is 1.35 bits per heavy atom. The molecule has 0 aliphatic heterocycles. The van der Waals surface area contributed by atoms with E-state index in [1.807, 2.05) is 0 Å². The molecule has 0 saturated carbocycles. The van der Waals surface area contributed by atoms with Gasteiger partial charge in [0.15, 0.2) is 0 Å². The average Bonchev–Trinajstić information content (AvgIpc) is 2.18. The fourth-order valence-corrected chi connectivity index (χ4v) is 1.39. The highest BCUT2D eigenvalue weighted by Gasteiger charge is 2.33. The van der Waals surface area contributed by atoms with Gasteiger partial charge in [0.05, 0.1) is 5.56 Å². The lowest BCUT2D eigenvalue weighted by Crippen LogP contribution is -2.18. The highest BCUT2D eigenvalue weighted by molar-refractivity contribution is 6.29.